The zero-order chi connectivity index (χ0) is 11.3. The summed E-state index contributed by atoms with van der Waals surface area (Å²) in [5.74, 6) is 2.78. The van der Waals surface area contributed by atoms with Crippen LogP contribution in [0.1, 0.15) is 33.6 Å². The number of carbonyl (C=O) groups excluding carboxylic acids is 1. The fraction of sp³-hybridized carbons (Fsp3) is 0.909. The molecule has 0 N–H and O–H groups in total. The van der Waals surface area contributed by atoms with Gasteiger partial charge in [-0.1, -0.05) is 13.8 Å². The van der Waals surface area contributed by atoms with Crippen LogP contribution in [0.2, 0.25) is 0 Å². The van der Waals surface area contributed by atoms with E-state index >= 15 is 0 Å². The molecule has 0 spiro atoms. The van der Waals surface area contributed by atoms with Gasteiger partial charge in [0.15, 0.2) is 4.08 Å². The third kappa shape index (κ3) is 3.59. The minimum atomic E-state index is -0.291. The summed E-state index contributed by atoms with van der Waals surface area (Å²) >= 11 is 3.54. The molecule has 1 heterocycles. The van der Waals surface area contributed by atoms with Gasteiger partial charge in [0.25, 0.3) is 0 Å². The Kier molecular flexibility index (Phi) is 5.33. The number of hydrogen-bond acceptors (Lipinski definition) is 4. The number of carbonyl (C=O) groups is 1. The predicted molar refractivity (Wildman–Crippen MR) is 68.4 cm³/mol. The molecule has 4 heteroatoms. The van der Waals surface area contributed by atoms with Gasteiger partial charge in [0.2, 0.25) is 0 Å². The molecule has 2 nitrogen and oxygen atoms in total. The second kappa shape index (κ2) is 6.04. The van der Waals surface area contributed by atoms with Gasteiger partial charge in [-0.2, -0.15) is 0 Å². The lowest BCUT2D eigenvalue weighted by Crippen LogP contribution is -2.32. The number of hydrogen-bond donors (Lipinski definition) is 0. The zero-order valence-corrected chi connectivity index (χ0v) is 11.4. The van der Waals surface area contributed by atoms with Gasteiger partial charge >= 0.3 is 5.97 Å². The van der Waals surface area contributed by atoms with Crippen LogP contribution in [-0.4, -0.2) is 28.2 Å². The maximum absolute atomic E-state index is 11.9. The Hall–Kier alpha value is 0.170. The lowest BCUT2D eigenvalue weighted by Gasteiger charge is -2.25. The highest BCUT2D eigenvalue weighted by Crippen LogP contribution is 2.48. The van der Waals surface area contributed by atoms with Crippen molar-refractivity contribution in [3.8, 4) is 0 Å². The molecule has 88 valence electrons. The van der Waals surface area contributed by atoms with Gasteiger partial charge in [-0.25, -0.2) is 4.79 Å². The topological polar surface area (TPSA) is 26.3 Å². The van der Waals surface area contributed by atoms with Crippen molar-refractivity contribution >= 4 is 29.5 Å². The summed E-state index contributed by atoms with van der Waals surface area (Å²) in [5, 5.41) is 0. The summed E-state index contributed by atoms with van der Waals surface area (Å²) in [4.78, 5) is 11.9. The van der Waals surface area contributed by atoms with E-state index in [-0.39, 0.29) is 10.0 Å². The Labute approximate surface area is 101 Å². The molecule has 0 unspecified atom stereocenters. The summed E-state index contributed by atoms with van der Waals surface area (Å²) in [6, 6.07) is 0. The van der Waals surface area contributed by atoms with E-state index in [1.54, 1.807) is 23.5 Å². The maximum Gasteiger partial charge on any atom is 0.332 e. The first-order valence-corrected chi connectivity index (χ1v) is 7.53. The average Bonchev–Trinajstić information content (AvgIpc) is 2.65. The van der Waals surface area contributed by atoms with Crippen LogP contribution in [0.3, 0.4) is 0 Å². The fourth-order valence-corrected chi connectivity index (χ4v) is 4.58. The first-order chi connectivity index (χ1) is 7.10. The van der Waals surface area contributed by atoms with E-state index in [2.05, 4.69) is 13.8 Å². The average molecular weight is 248 g/mol. The van der Waals surface area contributed by atoms with Gasteiger partial charge in [0.1, 0.15) is 0 Å². The third-order valence-electron chi connectivity index (χ3n) is 2.39. The smallest absolute Gasteiger partial charge is 0.332 e. The van der Waals surface area contributed by atoms with Gasteiger partial charge in [-0.15, -0.1) is 23.5 Å². The number of thioether (sulfide) groups is 2. The van der Waals surface area contributed by atoms with Crippen LogP contribution in [-0.2, 0) is 9.53 Å². The minimum Gasteiger partial charge on any atom is -0.464 e. The van der Waals surface area contributed by atoms with Crippen molar-refractivity contribution in [3.05, 3.63) is 0 Å². The summed E-state index contributed by atoms with van der Waals surface area (Å²) < 4.78 is 4.89. The molecule has 0 saturated carbocycles. The molecule has 0 radical (unpaired) electrons. The van der Waals surface area contributed by atoms with Crippen molar-refractivity contribution in [2.45, 2.75) is 37.7 Å². The first kappa shape index (κ1) is 13.2. The molecule has 0 amide bonds. The Morgan fingerprint density at radius 1 is 1.40 bits per heavy atom. The molecular formula is C11H20O2S2. The normalized spacial score (nSPS) is 19.5. The van der Waals surface area contributed by atoms with Gasteiger partial charge in [-0.05, 0) is 25.7 Å². The predicted octanol–water partition coefficient (Wildman–Crippen LogP) is 3.16. The number of ether oxygens (including phenoxy) is 1. The second-order valence-corrected chi connectivity index (χ2v) is 7.15. The molecule has 0 aromatic carbocycles. The van der Waals surface area contributed by atoms with Gasteiger partial charge in [0.05, 0.1) is 6.61 Å². The Bertz CT molecular complexity index is 211. The molecule has 1 saturated heterocycles. The van der Waals surface area contributed by atoms with Crippen LogP contribution in [0, 0.1) is 5.92 Å². The number of esters is 1. The van der Waals surface area contributed by atoms with E-state index in [1.807, 2.05) is 6.92 Å². The van der Waals surface area contributed by atoms with E-state index in [0.717, 1.165) is 24.3 Å². The standard InChI is InChI=1S/C11H20O2S2/c1-4-13-10(12)11(6-5-9(2)3)14-7-8-15-11/h9H,4-8H2,1-3H3. The quantitative estimate of drug-likeness (QED) is 0.698. The minimum absolute atomic E-state index is 0.0156. The molecule has 0 aromatic rings. The molecule has 15 heavy (non-hydrogen) atoms. The Morgan fingerprint density at radius 3 is 2.47 bits per heavy atom. The summed E-state index contributed by atoms with van der Waals surface area (Å²) in [6.45, 7) is 6.76. The van der Waals surface area contributed by atoms with Gasteiger partial charge in [-0.3, -0.25) is 0 Å². The summed E-state index contributed by atoms with van der Waals surface area (Å²) in [5.41, 5.74) is 0. The highest BCUT2D eigenvalue weighted by atomic mass is 32.2. The van der Waals surface area contributed by atoms with Crippen molar-refractivity contribution < 1.29 is 9.53 Å². The van der Waals surface area contributed by atoms with Crippen LogP contribution < -0.4 is 0 Å². The van der Waals surface area contributed by atoms with Gasteiger partial charge in [0, 0.05) is 11.5 Å². The third-order valence-corrected chi connectivity index (χ3v) is 5.85. The highest BCUT2D eigenvalue weighted by Gasteiger charge is 2.44. The lowest BCUT2D eigenvalue weighted by atomic mass is 10.1. The molecular weight excluding hydrogens is 228 g/mol. The summed E-state index contributed by atoms with van der Waals surface area (Å²) in [6.07, 6.45) is 2.04. The van der Waals surface area contributed by atoms with Crippen molar-refractivity contribution in [2.24, 2.45) is 5.92 Å². The molecule has 0 aliphatic carbocycles. The largest absolute Gasteiger partial charge is 0.464 e. The van der Waals surface area contributed by atoms with Crippen molar-refractivity contribution in [3.63, 3.8) is 0 Å². The number of rotatable bonds is 5. The van der Waals surface area contributed by atoms with Crippen LogP contribution in [0.25, 0.3) is 0 Å². The SMILES string of the molecule is CCOC(=O)C1(CCC(C)C)SCCS1. The lowest BCUT2D eigenvalue weighted by molar-refractivity contribution is -0.143. The van der Waals surface area contributed by atoms with Crippen molar-refractivity contribution in [1.82, 2.24) is 0 Å². The molecule has 1 fully saturated rings. The van der Waals surface area contributed by atoms with E-state index in [4.69, 9.17) is 4.74 Å². The van der Waals surface area contributed by atoms with Crippen molar-refractivity contribution in [2.75, 3.05) is 18.1 Å². The molecule has 0 bridgehead atoms. The highest BCUT2D eigenvalue weighted by molar-refractivity contribution is 8.22. The maximum atomic E-state index is 11.9. The van der Waals surface area contributed by atoms with Crippen LogP contribution >= 0.6 is 23.5 Å². The van der Waals surface area contributed by atoms with E-state index in [9.17, 15) is 4.79 Å². The van der Waals surface area contributed by atoms with Crippen molar-refractivity contribution in [1.29, 1.82) is 0 Å². The van der Waals surface area contributed by atoms with Gasteiger partial charge < -0.3 is 4.74 Å². The Balaban J connectivity index is 2.57. The fourth-order valence-electron chi connectivity index (χ4n) is 1.54. The molecule has 1 rings (SSSR count). The van der Waals surface area contributed by atoms with E-state index < -0.39 is 0 Å². The Morgan fingerprint density at radius 2 is 2.00 bits per heavy atom. The first-order valence-electron chi connectivity index (χ1n) is 5.56. The molecule has 1 aliphatic heterocycles. The molecule has 0 atom stereocenters. The van der Waals surface area contributed by atoms with E-state index in [1.165, 1.54) is 0 Å². The van der Waals surface area contributed by atoms with E-state index in [0.29, 0.717) is 12.5 Å². The van der Waals surface area contributed by atoms with Crippen LogP contribution in [0.5, 0.6) is 0 Å². The zero-order valence-electron chi connectivity index (χ0n) is 9.75. The summed E-state index contributed by atoms with van der Waals surface area (Å²) in [7, 11) is 0. The second-order valence-electron chi connectivity index (χ2n) is 4.10. The van der Waals surface area contributed by atoms with Crippen LogP contribution in [0.4, 0.5) is 0 Å². The molecule has 0 aromatic heterocycles. The molecule has 1 aliphatic rings. The van der Waals surface area contributed by atoms with Crippen LogP contribution in [0.15, 0.2) is 0 Å². The monoisotopic (exact) mass is 248 g/mol.